The van der Waals surface area contributed by atoms with E-state index >= 15 is 0 Å². The minimum atomic E-state index is -3.80. The van der Waals surface area contributed by atoms with Crippen molar-refractivity contribution in [2.75, 3.05) is 21.3 Å². The highest BCUT2D eigenvalue weighted by Gasteiger charge is 2.19. The summed E-state index contributed by atoms with van der Waals surface area (Å²) in [4.78, 5) is 2.48. The molecule has 8 heteroatoms. The first-order valence-corrected chi connectivity index (χ1v) is 9.64. The van der Waals surface area contributed by atoms with Gasteiger partial charge in [0.25, 0.3) is 10.0 Å². The van der Waals surface area contributed by atoms with Gasteiger partial charge in [0.15, 0.2) is 11.5 Å². The Morgan fingerprint density at radius 2 is 1.37 bits per heavy atom. The lowest BCUT2D eigenvalue weighted by Gasteiger charge is -2.13. The van der Waals surface area contributed by atoms with Crippen LogP contribution < -0.4 is 19.0 Å². The molecule has 0 spiro atoms. The summed E-state index contributed by atoms with van der Waals surface area (Å²) in [5.41, 5.74) is 2.87. The normalized spacial score (nSPS) is 11.5. The molecule has 2 rings (SSSR count). The quantitative estimate of drug-likeness (QED) is 0.578. The van der Waals surface area contributed by atoms with Gasteiger partial charge < -0.3 is 14.2 Å². The van der Waals surface area contributed by atoms with E-state index in [1.807, 2.05) is 19.1 Å². The molecule has 0 radical (unpaired) electrons. The third kappa shape index (κ3) is 4.51. The lowest BCUT2D eigenvalue weighted by molar-refractivity contribution is 0.349. The van der Waals surface area contributed by atoms with E-state index in [1.165, 1.54) is 27.5 Å². The summed E-state index contributed by atoms with van der Waals surface area (Å²) >= 11 is 0. The maximum Gasteiger partial charge on any atom is 0.277 e. The first-order chi connectivity index (χ1) is 12.7. The molecule has 0 heterocycles. The Morgan fingerprint density at radius 3 is 1.89 bits per heavy atom. The van der Waals surface area contributed by atoms with Crippen LogP contribution in [-0.4, -0.2) is 36.0 Å². The molecule has 0 aliphatic heterocycles. The number of nitrogens with one attached hydrogen (secondary N) is 1. The maximum atomic E-state index is 12.7. The Bertz CT molecular complexity index is 945. The fourth-order valence-corrected chi connectivity index (χ4v) is 4.20. The van der Waals surface area contributed by atoms with E-state index in [9.17, 15) is 8.42 Å². The molecule has 0 aliphatic rings. The highest BCUT2D eigenvalue weighted by atomic mass is 32.2. The number of benzene rings is 2. The molecule has 0 unspecified atom stereocenters. The maximum absolute atomic E-state index is 12.7. The van der Waals surface area contributed by atoms with Crippen LogP contribution in [0.1, 0.15) is 22.3 Å². The Balaban J connectivity index is 2.34. The van der Waals surface area contributed by atoms with Crippen LogP contribution in [0.4, 0.5) is 0 Å². The Labute approximate surface area is 160 Å². The average molecular weight is 392 g/mol. The van der Waals surface area contributed by atoms with Crippen LogP contribution in [0, 0.1) is 20.8 Å². The lowest BCUT2D eigenvalue weighted by Crippen LogP contribution is -2.20. The van der Waals surface area contributed by atoms with Crippen molar-refractivity contribution in [1.82, 2.24) is 4.83 Å². The molecular formula is C19H24N2O5S. The lowest BCUT2D eigenvalue weighted by atomic mass is 10.1. The van der Waals surface area contributed by atoms with Crippen LogP contribution in [-0.2, 0) is 10.0 Å². The van der Waals surface area contributed by atoms with Gasteiger partial charge in [-0.1, -0.05) is 17.7 Å². The summed E-state index contributed by atoms with van der Waals surface area (Å²) in [7, 11) is 0.731. The summed E-state index contributed by atoms with van der Waals surface area (Å²) in [5, 5.41) is 3.89. The van der Waals surface area contributed by atoms with Gasteiger partial charge >= 0.3 is 0 Å². The molecule has 0 atom stereocenters. The summed E-state index contributed by atoms with van der Waals surface area (Å²) in [6.07, 6.45) is 1.36. The predicted molar refractivity (Wildman–Crippen MR) is 105 cm³/mol. The number of hydrogen-bond acceptors (Lipinski definition) is 6. The third-order valence-corrected chi connectivity index (χ3v) is 5.51. The minimum Gasteiger partial charge on any atom is -0.496 e. The second-order valence-corrected chi connectivity index (χ2v) is 7.63. The van der Waals surface area contributed by atoms with Crippen LogP contribution >= 0.6 is 0 Å². The zero-order valence-corrected chi connectivity index (χ0v) is 17.1. The van der Waals surface area contributed by atoms with E-state index < -0.39 is 10.0 Å². The molecule has 2 aromatic carbocycles. The van der Waals surface area contributed by atoms with Gasteiger partial charge in [-0.3, -0.25) is 0 Å². The van der Waals surface area contributed by atoms with Crippen molar-refractivity contribution >= 4 is 16.2 Å². The number of nitrogens with zero attached hydrogens (tertiary/aromatic N) is 1. The molecule has 0 bridgehead atoms. The molecule has 0 saturated heterocycles. The van der Waals surface area contributed by atoms with Crippen LogP contribution in [0.25, 0.3) is 0 Å². The summed E-state index contributed by atoms with van der Waals surface area (Å²) < 4.78 is 41.1. The fraction of sp³-hybridized carbons (Fsp3) is 0.316. The second-order valence-electron chi connectivity index (χ2n) is 6.03. The van der Waals surface area contributed by atoms with Crippen molar-refractivity contribution in [3.8, 4) is 17.2 Å². The number of rotatable bonds is 7. The first kappa shape index (κ1) is 20.6. The zero-order chi connectivity index (χ0) is 20.2. The smallest absolute Gasteiger partial charge is 0.277 e. The molecule has 1 N–H and O–H groups in total. The third-order valence-electron chi connectivity index (χ3n) is 3.99. The SMILES string of the molecule is COc1cc(OC)c(OC)cc1/C=N/NS(=O)(=O)c1c(C)cc(C)cc1C. The van der Waals surface area contributed by atoms with E-state index in [0.717, 1.165) is 5.56 Å². The summed E-state index contributed by atoms with van der Waals surface area (Å²) in [6, 6.07) is 6.94. The van der Waals surface area contributed by atoms with Crippen molar-refractivity contribution in [3.05, 3.63) is 46.5 Å². The number of hydrogen-bond donors (Lipinski definition) is 1. The molecule has 0 aromatic heterocycles. The van der Waals surface area contributed by atoms with Gasteiger partial charge in [0.2, 0.25) is 0 Å². The van der Waals surface area contributed by atoms with Crippen LogP contribution in [0.3, 0.4) is 0 Å². The van der Waals surface area contributed by atoms with Crippen molar-refractivity contribution in [2.24, 2.45) is 5.10 Å². The molecule has 0 saturated carbocycles. The van der Waals surface area contributed by atoms with Gasteiger partial charge in [0, 0.05) is 11.6 Å². The van der Waals surface area contributed by atoms with Gasteiger partial charge in [-0.05, 0) is 38.0 Å². The van der Waals surface area contributed by atoms with Crippen LogP contribution in [0.5, 0.6) is 17.2 Å². The zero-order valence-electron chi connectivity index (χ0n) is 16.3. The molecule has 0 amide bonds. The summed E-state index contributed by atoms with van der Waals surface area (Å²) in [6.45, 7) is 5.44. The number of hydrazone groups is 1. The van der Waals surface area contributed by atoms with Gasteiger partial charge in [-0.25, -0.2) is 4.83 Å². The number of sulfonamides is 1. The number of aryl methyl sites for hydroxylation is 3. The van der Waals surface area contributed by atoms with E-state index in [-0.39, 0.29) is 4.90 Å². The molecule has 0 fully saturated rings. The van der Waals surface area contributed by atoms with E-state index in [0.29, 0.717) is 33.9 Å². The number of ether oxygens (including phenoxy) is 3. The molecule has 7 nitrogen and oxygen atoms in total. The Kier molecular flexibility index (Phi) is 6.32. The Hall–Kier alpha value is -2.74. The molecule has 146 valence electrons. The van der Waals surface area contributed by atoms with Gasteiger partial charge in [-0.2, -0.15) is 13.5 Å². The fourth-order valence-electron chi connectivity index (χ4n) is 2.96. The largest absolute Gasteiger partial charge is 0.496 e. The summed E-state index contributed by atoms with van der Waals surface area (Å²) in [5.74, 6) is 1.45. The molecular weight excluding hydrogens is 368 g/mol. The van der Waals surface area contributed by atoms with Gasteiger partial charge in [-0.15, -0.1) is 0 Å². The molecule has 27 heavy (non-hydrogen) atoms. The van der Waals surface area contributed by atoms with Crippen LogP contribution in [0.15, 0.2) is 34.3 Å². The first-order valence-electron chi connectivity index (χ1n) is 8.16. The highest BCUT2D eigenvalue weighted by molar-refractivity contribution is 7.89. The van der Waals surface area contributed by atoms with Crippen molar-refractivity contribution in [2.45, 2.75) is 25.7 Å². The van der Waals surface area contributed by atoms with Crippen LogP contribution in [0.2, 0.25) is 0 Å². The number of methoxy groups -OCH3 is 3. The minimum absolute atomic E-state index is 0.226. The highest BCUT2D eigenvalue weighted by Crippen LogP contribution is 2.33. The molecule has 0 aliphatic carbocycles. The molecule has 2 aromatic rings. The van der Waals surface area contributed by atoms with E-state index in [4.69, 9.17) is 14.2 Å². The van der Waals surface area contributed by atoms with E-state index in [2.05, 4.69) is 9.93 Å². The van der Waals surface area contributed by atoms with Crippen molar-refractivity contribution in [3.63, 3.8) is 0 Å². The van der Waals surface area contributed by atoms with Gasteiger partial charge in [0.05, 0.1) is 32.4 Å². The van der Waals surface area contributed by atoms with Crippen molar-refractivity contribution in [1.29, 1.82) is 0 Å². The van der Waals surface area contributed by atoms with Gasteiger partial charge in [0.1, 0.15) is 5.75 Å². The predicted octanol–water partition coefficient (Wildman–Crippen LogP) is 2.95. The topological polar surface area (TPSA) is 86.2 Å². The van der Waals surface area contributed by atoms with Crippen molar-refractivity contribution < 1.29 is 22.6 Å². The monoisotopic (exact) mass is 392 g/mol. The second kappa shape index (κ2) is 8.30. The Morgan fingerprint density at radius 1 is 0.852 bits per heavy atom. The van der Waals surface area contributed by atoms with E-state index in [1.54, 1.807) is 26.0 Å². The average Bonchev–Trinajstić information content (AvgIpc) is 2.59. The standard InChI is InChI=1S/C19H24N2O5S/c1-12-7-13(2)19(14(3)8-12)27(22,23)21-20-11-15-9-17(25-5)18(26-6)10-16(15)24-4/h7-11,21H,1-6H3/b20-11+.